The summed E-state index contributed by atoms with van der Waals surface area (Å²) in [6.45, 7) is 0. The number of fused-ring (bicyclic) bond motifs is 7. The number of furan rings is 1. The van der Waals surface area contributed by atoms with E-state index in [0.29, 0.717) is 17.5 Å². The molecule has 11 aromatic rings. The lowest BCUT2D eigenvalue weighted by atomic mass is 9.93. The molecule has 0 saturated carbocycles. The van der Waals surface area contributed by atoms with Crippen LogP contribution in [-0.4, -0.2) is 15.0 Å². The molecule has 0 saturated heterocycles. The first-order valence-corrected chi connectivity index (χ1v) is 18.5. The van der Waals surface area contributed by atoms with Gasteiger partial charge in [-0.15, -0.1) is 0 Å². The summed E-state index contributed by atoms with van der Waals surface area (Å²) in [4.78, 5) is 15.7. The van der Waals surface area contributed by atoms with Gasteiger partial charge in [0.2, 0.25) is 0 Å². The van der Waals surface area contributed by atoms with Gasteiger partial charge in [0.1, 0.15) is 11.2 Å². The Kier molecular flexibility index (Phi) is 7.14. The molecule has 4 heteroatoms. The Morgan fingerprint density at radius 3 is 1.64 bits per heavy atom. The second kappa shape index (κ2) is 12.6. The molecule has 4 nitrogen and oxygen atoms in total. The summed E-state index contributed by atoms with van der Waals surface area (Å²) in [6.07, 6.45) is 0. The van der Waals surface area contributed by atoms with Gasteiger partial charge >= 0.3 is 0 Å². The van der Waals surface area contributed by atoms with Crippen molar-refractivity contribution in [3.05, 3.63) is 188 Å². The number of para-hydroxylation sites is 1. The maximum Gasteiger partial charge on any atom is 0.164 e. The van der Waals surface area contributed by atoms with E-state index in [1.165, 1.54) is 16.2 Å². The molecule has 0 aliphatic heterocycles. The summed E-state index contributed by atoms with van der Waals surface area (Å²) in [6, 6.07) is 65.8. The zero-order valence-corrected chi connectivity index (χ0v) is 29.6. The van der Waals surface area contributed by atoms with Crippen LogP contribution in [0.2, 0.25) is 0 Å². The summed E-state index contributed by atoms with van der Waals surface area (Å²) in [7, 11) is 0. The van der Waals surface area contributed by atoms with Gasteiger partial charge in [-0.2, -0.15) is 0 Å². The Morgan fingerprint density at radius 1 is 0.309 bits per heavy atom. The molecule has 0 fully saturated rings. The normalized spacial score (nSPS) is 11.6. The standard InChI is InChI=1S/C51H31N3O/c1-2-13-35(14-3-1)41-18-10-19-42-44(41)31-45(47-43-17-8-9-20-46(43)55-48(42)47)51-53-49(52-50(54-51)40-28-24-33-12-5-7-16-38(33)30-40)36-25-21-34(22-26-36)39-27-23-32-11-4-6-15-37(32)29-39/h1-31H. The van der Waals surface area contributed by atoms with Gasteiger partial charge in [-0.25, -0.2) is 15.0 Å². The van der Waals surface area contributed by atoms with Crippen molar-refractivity contribution < 1.29 is 4.42 Å². The van der Waals surface area contributed by atoms with Crippen LogP contribution in [0.4, 0.5) is 0 Å². The van der Waals surface area contributed by atoms with Crippen molar-refractivity contribution in [2.75, 3.05) is 0 Å². The molecule has 0 bridgehead atoms. The minimum Gasteiger partial charge on any atom is -0.455 e. The Balaban J connectivity index is 1.15. The van der Waals surface area contributed by atoms with E-state index in [-0.39, 0.29) is 0 Å². The van der Waals surface area contributed by atoms with Crippen molar-refractivity contribution in [1.29, 1.82) is 0 Å². The largest absolute Gasteiger partial charge is 0.455 e. The highest BCUT2D eigenvalue weighted by molar-refractivity contribution is 6.22. The van der Waals surface area contributed by atoms with Crippen molar-refractivity contribution in [2.24, 2.45) is 0 Å². The SMILES string of the molecule is c1ccc(-c2cccc3c2cc(-c2nc(-c4ccc(-c5ccc6ccccc6c5)cc4)nc(-c4ccc5ccccc5c4)n2)c2c4ccccc4oc32)cc1. The lowest BCUT2D eigenvalue weighted by Gasteiger charge is -2.13. The monoisotopic (exact) mass is 701 g/mol. The molecule has 0 N–H and O–H groups in total. The fraction of sp³-hybridized carbons (Fsp3) is 0. The van der Waals surface area contributed by atoms with Crippen molar-refractivity contribution in [1.82, 2.24) is 15.0 Å². The Bertz CT molecular complexity index is 3260. The van der Waals surface area contributed by atoms with Crippen molar-refractivity contribution >= 4 is 54.3 Å². The molecule has 0 spiro atoms. The van der Waals surface area contributed by atoms with Crippen LogP contribution in [0.15, 0.2) is 192 Å². The number of aromatic nitrogens is 3. The zero-order valence-electron chi connectivity index (χ0n) is 29.6. The third kappa shape index (κ3) is 5.34. The smallest absolute Gasteiger partial charge is 0.164 e. The number of benzene rings is 9. The van der Waals surface area contributed by atoms with E-state index in [2.05, 4.69) is 170 Å². The maximum absolute atomic E-state index is 6.71. The fourth-order valence-electron chi connectivity index (χ4n) is 7.95. The van der Waals surface area contributed by atoms with E-state index in [1.807, 2.05) is 18.2 Å². The first-order valence-electron chi connectivity index (χ1n) is 18.5. The van der Waals surface area contributed by atoms with Gasteiger partial charge in [0.05, 0.1) is 0 Å². The highest BCUT2D eigenvalue weighted by Crippen LogP contribution is 2.43. The van der Waals surface area contributed by atoms with Crippen LogP contribution in [0.25, 0.3) is 111 Å². The highest BCUT2D eigenvalue weighted by Gasteiger charge is 2.21. The Labute approximate surface area is 317 Å². The first-order chi connectivity index (χ1) is 27.2. The molecular weight excluding hydrogens is 671 g/mol. The van der Waals surface area contributed by atoms with E-state index in [1.54, 1.807) is 0 Å². The van der Waals surface area contributed by atoms with Crippen LogP contribution in [0.3, 0.4) is 0 Å². The predicted octanol–water partition coefficient (Wildman–Crippen LogP) is 13.6. The molecule has 9 aromatic carbocycles. The average Bonchev–Trinajstić information content (AvgIpc) is 3.66. The molecule has 0 atom stereocenters. The summed E-state index contributed by atoms with van der Waals surface area (Å²) < 4.78 is 6.71. The van der Waals surface area contributed by atoms with Crippen LogP contribution >= 0.6 is 0 Å². The number of hydrogen-bond donors (Lipinski definition) is 0. The Hall–Kier alpha value is -7.43. The minimum atomic E-state index is 0.591. The molecule has 55 heavy (non-hydrogen) atoms. The number of rotatable bonds is 5. The van der Waals surface area contributed by atoms with Crippen LogP contribution in [0, 0.1) is 0 Å². The summed E-state index contributed by atoms with van der Waals surface area (Å²) >= 11 is 0. The van der Waals surface area contributed by atoms with Crippen LogP contribution in [-0.2, 0) is 0 Å². The van der Waals surface area contributed by atoms with Crippen molar-refractivity contribution in [3.8, 4) is 56.4 Å². The van der Waals surface area contributed by atoms with E-state index in [0.717, 1.165) is 77.0 Å². The molecular formula is C51H31N3O. The summed E-state index contributed by atoms with van der Waals surface area (Å²) in [5, 5.41) is 8.87. The van der Waals surface area contributed by atoms with Crippen LogP contribution < -0.4 is 0 Å². The Morgan fingerprint density at radius 2 is 0.873 bits per heavy atom. The minimum absolute atomic E-state index is 0.591. The lowest BCUT2D eigenvalue weighted by Crippen LogP contribution is -2.01. The lowest BCUT2D eigenvalue weighted by molar-refractivity contribution is 0.672. The van der Waals surface area contributed by atoms with Gasteiger partial charge < -0.3 is 4.42 Å². The molecule has 2 aromatic heterocycles. The number of nitrogens with zero attached hydrogens (tertiary/aromatic N) is 3. The van der Waals surface area contributed by atoms with Gasteiger partial charge in [0.25, 0.3) is 0 Å². The molecule has 0 amide bonds. The topological polar surface area (TPSA) is 51.8 Å². The van der Waals surface area contributed by atoms with Crippen LogP contribution in [0.1, 0.15) is 0 Å². The quantitative estimate of drug-likeness (QED) is 0.179. The molecule has 0 aliphatic rings. The second-order valence-corrected chi connectivity index (χ2v) is 14.0. The van der Waals surface area contributed by atoms with Gasteiger partial charge in [-0.3, -0.25) is 0 Å². The summed E-state index contributed by atoms with van der Waals surface area (Å²) in [5.74, 6) is 1.81. The van der Waals surface area contributed by atoms with E-state index < -0.39 is 0 Å². The van der Waals surface area contributed by atoms with Crippen molar-refractivity contribution in [2.45, 2.75) is 0 Å². The third-order valence-electron chi connectivity index (χ3n) is 10.7. The van der Waals surface area contributed by atoms with Gasteiger partial charge in [-0.1, -0.05) is 164 Å². The fourth-order valence-corrected chi connectivity index (χ4v) is 7.95. The van der Waals surface area contributed by atoms with E-state index in [4.69, 9.17) is 19.4 Å². The van der Waals surface area contributed by atoms with Crippen molar-refractivity contribution in [3.63, 3.8) is 0 Å². The van der Waals surface area contributed by atoms with Crippen LogP contribution in [0.5, 0.6) is 0 Å². The number of hydrogen-bond acceptors (Lipinski definition) is 4. The average molecular weight is 702 g/mol. The van der Waals surface area contributed by atoms with Gasteiger partial charge in [0.15, 0.2) is 17.5 Å². The molecule has 11 rings (SSSR count). The molecule has 2 heterocycles. The second-order valence-electron chi connectivity index (χ2n) is 14.0. The third-order valence-corrected chi connectivity index (χ3v) is 10.7. The molecule has 0 aliphatic carbocycles. The predicted molar refractivity (Wildman–Crippen MR) is 227 cm³/mol. The molecule has 256 valence electrons. The zero-order chi connectivity index (χ0) is 36.3. The maximum atomic E-state index is 6.71. The highest BCUT2D eigenvalue weighted by atomic mass is 16.3. The van der Waals surface area contributed by atoms with Gasteiger partial charge in [0, 0.05) is 32.8 Å². The molecule has 0 unspecified atom stereocenters. The van der Waals surface area contributed by atoms with E-state index >= 15 is 0 Å². The summed E-state index contributed by atoms with van der Waals surface area (Å²) in [5.41, 5.74) is 8.93. The van der Waals surface area contributed by atoms with Gasteiger partial charge in [-0.05, 0) is 73.5 Å². The molecule has 0 radical (unpaired) electrons. The van der Waals surface area contributed by atoms with E-state index in [9.17, 15) is 0 Å². The first kappa shape index (κ1) is 31.1.